The van der Waals surface area contributed by atoms with Crippen molar-refractivity contribution in [2.24, 2.45) is 0 Å². The lowest BCUT2D eigenvalue weighted by Gasteiger charge is -2.13. The van der Waals surface area contributed by atoms with Crippen molar-refractivity contribution >= 4 is 40.6 Å². The second-order valence-electron chi connectivity index (χ2n) is 5.13. The standard InChI is InChI=1S/C16H15N3O4S2/c1-22-6-5-19-13-12(14(20)18-16(19)24)9(15(21)23-2)8-10(17-13)11-4-3-7-25-11/h3-4,7-8H,5-6H2,1-2H3,(H,18,20,24). The Hall–Kier alpha value is -2.36. The lowest BCUT2D eigenvalue weighted by molar-refractivity contribution is 0.0603. The third-order valence-corrected chi connectivity index (χ3v) is 4.86. The molecule has 0 unspecified atom stereocenters. The van der Waals surface area contributed by atoms with Gasteiger partial charge in [0.25, 0.3) is 5.56 Å². The SMILES string of the molecule is COCCn1c(=S)[nH]c(=O)c2c(C(=O)OC)cc(-c3cccs3)nc21. The minimum Gasteiger partial charge on any atom is -0.465 e. The maximum atomic E-state index is 12.5. The number of hydrogen-bond donors (Lipinski definition) is 1. The van der Waals surface area contributed by atoms with Gasteiger partial charge in [-0.3, -0.25) is 9.78 Å². The number of aromatic amines is 1. The molecule has 130 valence electrons. The summed E-state index contributed by atoms with van der Waals surface area (Å²) in [6, 6.07) is 5.35. The molecule has 9 heteroatoms. The van der Waals surface area contributed by atoms with Gasteiger partial charge in [0.1, 0.15) is 5.65 Å². The van der Waals surface area contributed by atoms with Crippen LogP contribution in [0.25, 0.3) is 21.6 Å². The van der Waals surface area contributed by atoms with Gasteiger partial charge in [0.15, 0.2) is 4.77 Å². The molecule has 0 aliphatic heterocycles. The molecular formula is C16H15N3O4S2. The number of hydrogen-bond acceptors (Lipinski definition) is 7. The molecule has 3 aromatic heterocycles. The fourth-order valence-electron chi connectivity index (χ4n) is 2.49. The Morgan fingerprint density at radius 1 is 1.44 bits per heavy atom. The summed E-state index contributed by atoms with van der Waals surface area (Å²) < 4.78 is 11.8. The molecule has 7 nitrogen and oxygen atoms in total. The second-order valence-corrected chi connectivity index (χ2v) is 6.46. The minimum atomic E-state index is -0.605. The fraction of sp³-hybridized carbons (Fsp3) is 0.250. The van der Waals surface area contributed by atoms with Gasteiger partial charge < -0.3 is 14.0 Å². The number of rotatable bonds is 5. The molecule has 0 aromatic carbocycles. The Morgan fingerprint density at radius 2 is 2.24 bits per heavy atom. The van der Waals surface area contributed by atoms with Gasteiger partial charge in [0.2, 0.25) is 0 Å². The van der Waals surface area contributed by atoms with Crippen LogP contribution < -0.4 is 5.56 Å². The fourth-order valence-corrected chi connectivity index (χ4v) is 3.44. The third-order valence-electron chi connectivity index (χ3n) is 3.65. The van der Waals surface area contributed by atoms with Gasteiger partial charge in [-0.05, 0) is 29.7 Å². The zero-order valence-corrected chi connectivity index (χ0v) is 15.2. The average Bonchev–Trinajstić information content (AvgIpc) is 3.14. The largest absolute Gasteiger partial charge is 0.465 e. The topological polar surface area (TPSA) is 86.2 Å². The first-order chi connectivity index (χ1) is 12.1. The van der Waals surface area contributed by atoms with Crippen molar-refractivity contribution in [3.8, 4) is 10.6 Å². The van der Waals surface area contributed by atoms with Crippen molar-refractivity contribution in [2.75, 3.05) is 20.8 Å². The Bertz CT molecular complexity index is 1040. The molecule has 0 bridgehead atoms. The smallest absolute Gasteiger partial charge is 0.338 e. The van der Waals surface area contributed by atoms with E-state index in [1.165, 1.54) is 18.4 Å². The van der Waals surface area contributed by atoms with Crippen LogP contribution in [-0.2, 0) is 16.0 Å². The summed E-state index contributed by atoms with van der Waals surface area (Å²) in [7, 11) is 2.84. The van der Waals surface area contributed by atoms with E-state index in [0.29, 0.717) is 24.5 Å². The molecule has 0 aliphatic carbocycles. The Kier molecular flexibility index (Phi) is 5.07. The number of H-pyrrole nitrogens is 1. The number of carbonyl (C=O) groups is 1. The number of esters is 1. The van der Waals surface area contributed by atoms with E-state index in [1.54, 1.807) is 17.7 Å². The van der Waals surface area contributed by atoms with Gasteiger partial charge in [-0.25, -0.2) is 9.78 Å². The highest BCUT2D eigenvalue weighted by atomic mass is 32.1. The highest BCUT2D eigenvalue weighted by Gasteiger charge is 2.20. The van der Waals surface area contributed by atoms with E-state index in [2.05, 4.69) is 9.97 Å². The zero-order valence-electron chi connectivity index (χ0n) is 13.6. The second kappa shape index (κ2) is 7.26. The van der Waals surface area contributed by atoms with Crippen LogP contribution in [0, 0.1) is 4.77 Å². The molecule has 25 heavy (non-hydrogen) atoms. The van der Waals surface area contributed by atoms with Crippen LogP contribution >= 0.6 is 23.6 Å². The summed E-state index contributed by atoms with van der Waals surface area (Å²) in [6.07, 6.45) is 0. The summed E-state index contributed by atoms with van der Waals surface area (Å²) >= 11 is 6.74. The predicted octanol–water partition coefficient (Wildman–Crippen LogP) is 2.62. The molecule has 0 aliphatic rings. The number of thiophene rings is 1. The first kappa shape index (κ1) is 17.5. The molecular weight excluding hydrogens is 362 g/mol. The molecule has 0 amide bonds. The number of aromatic nitrogens is 3. The van der Waals surface area contributed by atoms with E-state index in [0.717, 1.165) is 4.88 Å². The first-order valence-electron chi connectivity index (χ1n) is 7.35. The Balaban J connectivity index is 2.41. The van der Waals surface area contributed by atoms with E-state index in [9.17, 15) is 9.59 Å². The molecule has 0 atom stereocenters. The Labute approximate surface area is 151 Å². The molecule has 0 saturated carbocycles. The molecule has 3 heterocycles. The summed E-state index contributed by atoms with van der Waals surface area (Å²) in [5.74, 6) is -0.605. The highest BCUT2D eigenvalue weighted by molar-refractivity contribution is 7.71. The van der Waals surface area contributed by atoms with Gasteiger partial charge in [-0.2, -0.15) is 0 Å². The molecule has 0 radical (unpaired) electrons. The van der Waals surface area contributed by atoms with E-state index >= 15 is 0 Å². The lowest BCUT2D eigenvalue weighted by atomic mass is 10.1. The molecule has 0 saturated heterocycles. The molecule has 3 rings (SSSR count). The molecule has 1 N–H and O–H groups in total. The number of pyridine rings is 1. The number of ether oxygens (including phenoxy) is 2. The van der Waals surface area contributed by atoms with Crippen molar-refractivity contribution in [3.05, 3.63) is 44.3 Å². The molecule has 3 aromatic rings. The van der Waals surface area contributed by atoms with E-state index < -0.39 is 11.5 Å². The van der Waals surface area contributed by atoms with Crippen molar-refractivity contribution in [3.63, 3.8) is 0 Å². The maximum Gasteiger partial charge on any atom is 0.338 e. The number of nitrogens with zero attached hydrogens (tertiary/aromatic N) is 2. The average molecular weight is 377 g/mol. The predicted molar refractivity (Wildman–Crippen MR) is 97.7 cm³/mol. The van der Waals surface area contributed by atoms with Crippen LogP contribution in [-0.4, -0.2) is 41.3 Å². The van der Waals surface area contributed by atoms with Gasteiger partial charge in [0, 0.05) is 7.11 Å². The van der Waals surface area contributed by atoms with Crippen LogP contribution in [0.3, 0.4) is 0 Å². The summed E-state index contributed by atoms with van der Waals surface area (Å²) in [5, 5.41) is 2.06. The molecule has 0 spiro atoms. The van der Waals surface area contributed by atoms with Crippen molar-refractivity contribution < 1.29 is 14.3 Å². The maximum absolute atomic E-state index is 12.5. The van der Waals surface area contributed by atoms with Crippen LogP contribution in [0.15, 0.2) is 28.4 Å². The van der Waals surface area contributed by atoms with E-state index in [1.807, 2.05) is 17.5 Å². The zero-order chi connectivity index (χ0) is 18.0. The van der Waals surface area contributed by atoms with Gasteiger partial charge in [-0.1, -0.05) is 6.07 Å². The van der Waals surface area contributed by atoms with Crippen molar-refractivity contribution in [2.45, 2.75) is 6.54 Å². The summed E-state index contributed by atoms with van der Waals surface area (Å²) in [6.45, 7) is 0.776. The van der Waals surface area contributed by atoms with Crippen LogP contribution in [0.5, 0.6) is 0 Å². The van der Waals surface area contributed by atoms with Gasteiger partial charge in [0.05, 0.1) is 41.8 Å². The van der Waals surface area contributed by atoms with Crippen molar-refractivity contribution in [1.29, 1.82) is 0 Å². The summed E-state index contributed by atoms with van der Waals surface area (Å²) in [5.41, 5.74) is 0.587. The van der Waals surface area contributed by atoms with Crippen LogP contribution in [0.4, 0.5) is 0 Å². The normalized spacial score (nSPS) is 11.0. The number of carbonyl (C=O) groups excluding carboxylic acids is 1. The van der Waals surface area contributed by atoms with Gasteiger partial charge >= 0.3 is 5.97 Å². The number of methoxy groups -OCH3 is 2. The van der Waals surface area contributed by atoms with Gasteiger partial charge in [-0.15, -0.1) is 11.3 Å². The number of nitrogens with one attached hydrogen (secondary N) is 1. The quantitative estimate of drug-likeness (QED) is 0.543. The monoisotopic (exact) mass is 377 g/mol. The van der Waals surface area contributed by atoms with Crippen LogP contribution in [0.2, 0.25) is 0 Å². The highest BCUT2D eigenvalue weighted by Crippen LogP contribution is 2.27. The first-order valence-corrected chi connectivity index (χ1v) is 8.64. The van der Waals surface area contributed by atoms with E-state index in [4.69, 9.17) is 21.7 Å². The minimum absolute atomic E-state index is 0.150. The molecule has 0 fully saturated rings. The summed E-state index contributed by atoms with van der Waals surface area (Å²) in [4.78, 5) is 32.8. The van der Waals surface area contributed by atoms with Crippen LogP contribution in [0.1, 0.15) is 10.4 Å². The lowest BCUT2D eigenvalue weighted by Crippen LogP contribution is -2.20. The van der Waals surface area contributed by atoms with E-state index in [-0.39, 0.29) is 15.7 Å². The third kappa shape index (κ3) is 3.26. The van der Waals surface area contributed by atoms with Crippen molar-refractivity contribution in [1.82, 2.24) is 14.5 Å². The Morgan fingerprint density at radius 3 is 2.88 bits per heavy atom. The number of fused-ring (bicyclic) bond motifs is 1.